The van der Waals surface area contributed by atoms with Gasteiger partial charge < -0.3 is 16.0 Å². The van der Waals surface area contributed by atoms with Crippen molar-refractivity contribution in [2.24, 2.45) is 0 Å². The van der Waals surface area contributed by atoms with E-state index in [-0.39, 0.29) is 24.8 Å². The molecule has 3 rings (SSSR count). The number of carbonyl (C=O) groups is 2. The Morgan fingerprint density at radius 3 is 2.68 bits per heavy atom. The van der Waals surface area contributed by atoms with Crippen molar-refractivity contribution >= 4 is 39.3 Å². The van der Waals surface area contributed by atoms with Gasteiger partial charge in [-0.25, -0.2) is 4.98 Å². The molecule has 0 fully saturated rings. The van der Waals surface area contributed by atoms with Crippen molar-refractivity contribution in [3.05, 3.63) is 52.4 Å². The minimum Gasteiger partial charge on any atom is -0.368 e. The molecule has 3 aromatic rings. The molecule has 3 N–H and O–H groups in total. The third-order valence-corrected chi connectivity index (χ3v) is 4.41. The summed E-state index contributed by atoms with van der Waals surface area (Å²) in [5.74, 6) is 0.950. The van der Waals surface area contributed by atoms with E-state index in [1.54, 1.807) is 28.8 Å². The van der Waals surface area contributed by atoms with Crippen molar-refractivity contribution in [1.29, 1.82) is 0 Å². The third kappa shape index (κ3) is 5.26. The maximum absolute atomic E-state index is 12.0. The average Bonchev–Trinajstić information content (AvgIpc) is 3.14. The van der Waals surface area contributed by atoms with Gasteiger partial charge in [0.1, 0.15) is 12.1 Å². The highest BCUT2D eigenvalue weighted by atomic mass is 79.9. The maximum Gasteiger partial charge on any atom is 0.254 e. The highest BCUT2D eigenvalue weighted by molar-refractivity contribution is 9.10. The molecule has 10 heteroatoms. The van der Waals surface area contributed by atoms with Gasteiger partial charge in [-0.15, -0.1) is 0 Å². The number of aryl methyl sites for hydroxylation is 1. The fourth-order valence-corrected chi connectivity index (χ4v) is 2.79. The minimum absolute atomic E-state index is 0.130. The topological polar surface area (TPSA) is 113 Å². The Kier molecular flexibility index (Phi) is 6.53. The number of halogens is 1. The molecule has 0 spiro atoms. The van der Waals surface area contributed by atoms with E-state index in [2.05, 4.69) is 46.9 Å². The molecule has 146 valence electrons. The maximum atomic E-state index is 12.0. The Balaban J connectivity index is 1.36. The molecule has 2 heterocycles. The molecule has 0 saturated carbocycles. The number of aromatic nitrogens is 4. The molecular weight excluding hydrogens is 426 g/mol. The van der Waals surface area contributed by atoms with Gasteiger partial charge in [0, 0.05) is 47.9 Å². The van der Waals surface area contributed by atoms with Gasteiger partial charge in [-0.1, -0.05) is 15.9 Å². The molecule has 2 aromatic heterocycles. The van der Waals surface area contributed by atoms with E-state index in [1.807, 2.05) is 13.0 Å². The molecule has 0 radical (unpaired) electrons. The van der Waals surface area contributed by atoms with E-state index >= 15 is 0 Å². The Hall–Kier alpha value is -3.01. The number of nitrogens with zero attached hydrogens (tertiary/aromatic N) is 4. The zero-order chi connectivity index (χ0) is 19.9. The number of carbonyl (C=O) groups excluding carboxylic acids is 2. The lowest BCUT2D eigenvalue weighted by molar-refractivity contribution is -0.120. The molecule has 0 atom stereocenters. The predicted molar refractivity (Wildman–Crippen MR) is 108 cm³/mol. The van der Waals surface area contributed by atoms with Crippen molar-refractivity contribution < 1.29 is 9.59 Å². The molecule has 9 nitrogen and oxygen atoms in total. The van der Waals surface area contributed by atoms with E-state index in [4.69, 9.17) is 0 Å². The lowest BCUT2D eigenvalue weighted by Gasteiger charge is -2.10. The van der Waals surface area contributed by atoms with Gasteiger partial charge in [-0.05, 0) is 31.2 Å². The number of benzene rings is 1. The summed E-state index contributed by atoms with van der Waals surface area (Å²) >= 11 is 3.32. The van der Waals surface area contributed by atoms with Crippen LogP contribution in [-0.2, 0) is 4.79 Å². The van der Waals surface area contributed by atoms with Gasteiger partial charge in [0.15, 0.2) is 0 Å². The van der Waals surface area contributed by atoms with E-state index in [0.29, 0.717) is 24.4 Å². The fourth-order valence-electron chi connectivity index (χ4n) is 2.53. The second-order valence-corrected chi connectivity index (χ2v) is 6.96. The molecule has 1 aromatic carbocycles. The second-order valence-electron chi connectivity index (χ2n) is 6.04. The normalized spacial score (nSPS) is 10.6. The molecule has 0 unspecified atom stereocenters. The van der Waals surface area contributed by atoms with E-state index in [0.717, 1.165) is 16.0 Å². The Morgan fingerprint density at radius 2 is 1.89 bits per heavy atom. The predicted octanol–water partition coefficient (Wildman–Crippen LogP) is 1.54. The van der Waals surface area contributed by atoms with Crippen LogP contribution >= 0.6 is 15.9 Å². The van der Waals surface area contributed by atoms with E-state index in [9.17, 15) is 9.59 Å². The molecule has 28 heavy (non-hydrogen) atoms. The van der Waals surface area contributed by atoms with E-state index < -0.39 is 0 Å². The van der Waals surface area contributed by atoms with Crippen LogP contribution in [0.2, 0.25) is 0 Å². The summed E-state index contributed by atoms with van der Waals surface area (Å²) in [4.78, 5) is 32.2. The minimum atomic E-state index is -0.202. The highest BCUT2D eigenvalue weighted by Crippen LogP contribution is 2.10. The summed E-state index contributed by atoms with van der Waals surface area (Å²) < 4.78 is 2.51. The van der Waals surface area contributed by atoms with Gasteiger partial charge in [-0.3, -0.25) is 9.59 Å². The molecule has 2 amide bonds. The fraction of sp³-hybridized carbons (Fsp3) is 0.278. The van der Waals surface area contributed by atoms with Crippen LogP contribution < -0.4 is 16.0 Å². The molecule has 0 aliphatic carbocycles. The van der Waals surface area contributed by atoms with Crippen LogP contribution in [0.3, 0.4) is 0 Å². The lowest BCUT2D eigenvalue weighted by Crippen LogP contribution is -2.33. The number of nitrogens with one attached hydrogen (secondary N) is 3. The Labute approximate surface area is 170 Å². The van der Waals surface area contributed by atoms with Crippen LogP contribution in [0.25, 0.3) is 5.78 Å². The lowest BCUT2D eigenvalue weighted by atomic mass is 10.2. The first-order valence-electron chi connectivity index (χ1n) is 8.74. The first-order chi connectivity index (χ1) is 13.5. The Morgan fingerprint density at radius 1 is 1.11 bits per heavy atom. The van der Waals surface area contributed by atoms with Gasteiger partial charge in [-0.2, -0.15) is 14.6 Å². The number of rotatable bonds is 8. The van der Waals surface area contributed by atoms with Crippen LogP contribution in [0.1, 0.15) is 22.5 Å². The standard InChI is InChI=1S/C18H20BrN7O2/c1-12-10-15(26-18(25-12)23-11-24-26)20-8-9-21-16(27)6-7-22-17(28)13-2-4-14(19)5-3-13/h2-5,10-11,20H,6-9H2,1H3,(H,21,27)(H,22,28). The van der Waals surface area contributed by atoms with Gasteiger partial charge >= 0.3 is 0 Å². The Bertz CT molecular complexity index is 972. The molecule has 0 aliphatic rings. The number of fused-ring (bicyclic) bond motifs is 1. The first-order valence-corrected chi connectivity index (χ1v) is 9.54. The monoisotopic (exact) mass is 445 g/mol. The summed E-state index contributed by atoms with van der Waals surface area (Å²) in [6.45, 7) is 3.12. The van der Waals surface area contributed by atoms with Crippen LogP contribution in [0.4, 0.5) is 5.82 Å². The van der Waals surface area contributed by atoms with Crippen molar-refractivity contribution in [3.8, 4) is 0 Å². The SMILES string of the molecule is Cc1cc(NCCNC(=O)CCNC(=O)c2ccc(Br)cc2)n2ncnc2n1. The summed E-state index contributed by atoms with van der Waals surface area (Å²) in [5, 5.41) is 12.9. The zero-order valence-corrected chi connectivity index (χ0v) is 16.9. The third-order valence-electron chi connectivity index (χ3n) is 3.88. The molecule has 0 aliphatic heterocycles. The van der Waals surface area contributed by atoms with E-state index in [1.165, 1.54) is 6.33 Å². The summed E-state index contributed by atoms with van der Waals surface area (Å²) in [6.07, 6.45) is 1.65. The van der Waals surface area contributed by atoms with Gasteiger partial charge in [0.25, 0.3) is 11.7 Å². The summed E-state index contributed by atoms with van der Waals surface area (Å²) in [6, 6.07) is 8.90. The zero-order valence-electron chi connectivity index (χ0n) is 15.3. The highest BCUT2D eigenvalue weighted by Gasteiger charge is 2.07. The van der Waals surface area contributed by atoms with Crippen molar-refractivity contribution in [2.45, 2.75) is 13.3 Å². The molecule has 0 saturated heterocycles. The summed E-state index contributed by atoms with van der Waals surface area (Å²) in [7, 11) is 0. The molecular formula is C18H20BrN7O2. The van der Waals surface area contributed by atoms with Crippen LogP contribution in [0.15, 0.2) is 41.1 Å². The van der Waals surface area contributed by atoms with Gasteiger partial charge in [0.2, 0.25) is 5.91 Å². The largest absolute Gasteiger partial charge is 0.368 e. The second kappa shape index (κ2) is 9.27. The van der Waals surface area contributed by atoms with Crippen LogP contribution in [-0.4, -0.2) is 51.0 Å². The van der Waals surface area contributed by atoms with Gasteiger partial charge in [0.05, 0.1) is 0 Å². The van der Waals surface area contributed by atoms with Crippen molar-refractivity contribution in [1.82, 2.24) is 30.2 Å². The average molecular weight is 446 g/mol. The number of amides is 2. The van der Waals surface area contributed by atoms with Crippen LogP contribution in [0, 0.1) is 6.92 Å². The number of hydrogen-bond donors (Lipinski definition) is 3. The van der Waals surface area contributed by atoms with Crippen molar-refractivity contribution in [2.75, 3.05) is 25.0 Å². The number of anilines is 1. The smallest absolute Gasteiger partial charge is 0.254 e. The molecule has 0 bridgehead atoms. The van der Waals surface area contributed by atoms with Crippen molar-refractivity contribution in [3.63, 3.8) is 0 Å². The quantitative estimate of drug-likeness (QED) is 0.453. The van der Waals surface area contributed by atoms with Crippen LogP contribution in [0.5, 0.6) is 0 Å². The first kappa shape index (κ1) is 19.7. The summed E-state index contributed by atoms with van der Waals surface area (Å²) in [5.41, 5.74) is 1.38. The number of hydrogen-bond acceptors (Lipinski definition) is 6.